The molecule has 1 unspecified atom stereocenters. The molecule has 3 rings (SSSR count). The fourth-order valence-electron chi connectivity index (χ4n) is 2.62. The molecule has 0 spiro atoms. The number of nitrogens with zero attached hydrogens (tertiary/aromatic N) is 3. The number of β-amino-alcohol motifs (C(OH)–C–C–N with tert-alkyl or cyclic N) is 1. The summed E-state index contributed by atoms with van der Waals surface area (Å²) in [7, 11) is 0. The van der Waals surface area contributed by atoms with Gasteiger partial charge in [0.15, 0.2) is 5.82 Å². The summed E-state index contributed by atoms with van der Waals surface area (Å²) < 4.78 is 0. The number of aromatic nitrogens is 2. The molecule has 4 heteroatoms. The van der Waals surface area contributed by atoms with Gasteiger partial charge in [0.05, 0.1) is 11.8 Å². The van der Waals surface area contributed by atoms with Gasteiger partial charge in [-0.1, -0.05) is 23.8 Å². The van der Waals surface area contributed by atoms with Gasteiger partial charge < -0.3 is 10.0 Å². The topological polar surface area (TPSA) is 49.2 Å². The lowest BCUT2D eigenvalue weighted by molar-refractivity contribution is 0.154. The zero-order valence-electron chi connectivity index (χ0n) is 11.7. The molecule has 20 heavy (non-hydrogen) atoms. The molecule has 1 saturated heterocycles. The second-order valence-corrected chi connectivity index (χ2v) is 5.39. The molecule has 1 aliphatic rings. The van der Waals surface area contributed by atoms with Crippen LogP contribution in [0.3, 0.4) is 0 Å². The molecule has 2 heterocycles. The third kappa shape index (κ3) is 2.80. The van der Waals surface area contributed by atoms with Crippen LogP contribution in [0.1, 0.15) is 18.4 Å². The highest BCUT2D eigenvalue weighted by Gasteiger charge is 2.19. The minimum Gasteiger partial charge on any atom is -0.391 e. The zero-order chi connectivity index (χ0) is 13.9. The van der Waals surface area contributed by atoms with E-state index in [1.807, 2.05) is 24.3 Å². The van der Waals surface area contributed by atoms with Gasteiger partial charge in [-0.3, -0.25) is 0 Å². The Labute approximate surface area is 119 Å². The number of hydrogen-bond acceptors (Lipinski definition) is 4. The van der Waals surface area contributed by atoms with Crippen molar-refractivity contribution < 1.29 is 5.11 Å². The lowest BCUT2D eigenvalue weighted by Gasteiger charge is -2.30. The number of benzene rings is 1. The van der Waals surface area contributed by atoms with Crippen LogP contribution in [0.25, 0.3) is 11.3 Å². The van der Waals surface area contributed by atoms with E-state index in [-0.39, 0.29) is 6.10 Å². The van der Waals surface area contributed by atoms with Crippen LogP contribution < -0.4 is 4.90 Å². The average molecular weight is 269 g/mol. The number of piperidine rings is 1. The predicted molar refractivity (Wildman–Crippen MR) is 79.7 cm³/mol. The molecule has 1 fully saturated rings. The molecule has 1 atom stereocenters. The first kappa shape index (κ1) is 13.1. The van der Waals surface area contributed by atoms with E-state index in [9.17, 15) is 5.11 Å². The summed E-state index contributed by atoms with van der Waals surface area (Å²) in [6.45, 7) is 3.66. The smallest absolute Gasteiger partial charge is 0.151 e. The Hall–Kier alpha value is -1.94. The van der Waals surface area contributed by atoms with Crippen LogP contribution in [0.4, 0.5) is 5.82 Å². The van der Waals surface area contributed by atoms with E-state index in [1.54, 1.807) is 0 Å². The first-order valence-corrected chi connectivity index (χ1v) is 7.06. The van der Waals surface area contributed by atoms with Crippen LogP contribution in [-0.4, -0.2) is 34.5 Å². The predicted octanol–water partition coefficient (Wildman–Crippen LogP) is 2.41. The number of aliphatic hydroxyl groups is 1. The minimum atomic E-state index is -0.248. The quantitative estimate of drug-likeness (QED) is 0.909. The number of anilines is 1. The third-order valence-corrected chi connectivity index (χ3v) is 3.68. The van der Waals surface area contributed by atoms with Gasteiger partial charge in [-0.15, -0.1) is 10.2 Å². The first-order valence-electron chi connectivity index (χ1n) is 7.06. The normalized spacial score (nSPS) is 19.1. The zero-order valence-corrected chi connectivity index (χ0v) is 11.7. The van der Waals surface area contributed by atoms with Gasteiger partial charge in [0.25, 0.3) is 0 Å². The summed E-state index contributed by atoms with van der Waals surface area (Å²) in [5, 5.41) is 18.3. The molecule has 0 radical (unpaired) electrons. The Morgan fingerprint density at radius 1 is 1.20 bits per heavy atom. The number of hydrogen-bond donors (Lipinski definition) is 1. The molecule has 0 bridgehead atoms. The van der Waals surface area contributed by atoms with Crippen molar-refractivity contribution in [2.75, 3.05) is 18.0 Å². The summed E-state index contributed by atoms with van der Waals surface area (Å²) in [6, 6.07) is 12.2. The lowest BCUT2D eigenvalue weighted by atomic mass is 10.1. The standard InChI is InChI=1S/C16H19N3O/c1-12-4-2-5-13(10-12)15-7-8-16(18-17-15)19-9-3-6-14(20)11-19/h2,4-5,7-8,10,14,20H,3,6,9,11H2,1H3. The van der Waals surface area contributed by atoms with Crippen LogP contribution in [0, 0.1) is 6.92 Å². The highest BCUT2D eigenvalue weighted by Crippen LogP contribution is 2.21. The Bertz CT molecular complexity index is 583. The summed E-state index contributed by atoms with van der Waals surface area (Å²) >= 11 is 0. The van der Waals surface area contributed by atoms with E-state index < -0.39 is 0 Å². The van der Waals surface area contributed by atoms with Gasteiger partial charge in [0.2, 0.25) is 0 Å². The van der Waals surface area contributed by atoms with Crippen molar-refractivity contribution in [2.45, 2.75) is 25.9 Å². The highest BCUT2D eigenvalue weighted by atomic mass is 16.3. The third-order valence-electron chi connectivity index (χ3n) is 3.68. The second-order valence-electron chi connectivity index (χ2n) is 5.39. The monoisotopic (exact) mass is 269 g/mol. The van der Waals surface area contributed by atoms with E-state index in [1.165, 1.54) is 5.56 Å². The summed E-state index contributed by atoms with van der Waals surface area (Å²) in [4.78, 5) is 2.10. The Morgan fingerprint density at radius 3 is 2.80 bits per heavy atom. The summed E-state index contributed by atoms with van der Waals surface area (Å²) in [5.41, 5.74) is 3.19. The van der Waals surface area contributed by atoms with Crippen LogP contribution in [0.15, 0.2) is 36.4 Å². The fourth-order valence-corrected chi connectivity index (χ4v) is 2.62. The van der Waals surface area contributed by atoms with Gasteiger partial charge >= 0.3 is 0 Å². The minimum absolute atomic E-state index is 0.248. The van der Waals surface area contributed by atoms with Crippen LogP contribution in [0.5, 0.6) is 0 Å². The van der Waals surface area contributed by atoms with Gasteiger partial charge in [-0.2, -0.15) is 0 Å². The van der Waals surface area contributed by atoms with Crippen LogP contribution >= 0.6 is 0 Å². The Balaban J connectivity index is 1.80. The molecule has 1 aromatic carbocycles. The van der Waals surface area contributed by atoms with E-state index in [4.69, 9.17) is 0 Å². The van der Waals surface area contributed by atoms with Gasteiger partial charge in [0, 0.05) is 18.7 Å². The van der Waals surface area contributed by atoms with Crippen molar-refractivity contribution in [1.29, 1.82) is 0 Å². The molecule has 1 aromatic heterocycles. The fraction of sp³-hybridized carbons (Fsp3) is 0.375. The van der Waals surface area contributed by atoms with E-state index in [0.717, 1.165) is 36.5 Å². The van der Waals surface area contributed by atoms with E-state index in [0.29, 0.717) is 6.54 Å². The summed E-state index contributed by atoms with van der Waals surface area (Å²) in [5.74, 6) is 0.847. The number of aliphatic hydroxyl groups excluding tert-OH is 1. The lowest BCUT2D eigenvalue weighted by Crippen LogP contribution is -2.38. The van der Waals surface area contributed by atoms with Crippen molar-refractivity contribution in [3.05, 3.63) is 42.0 Å². The van der Waals surface area contributed by atoms with E-state index in [2.05, 4.69) is 34.2 Å². The Morgan fingerprint density at radius 2 is 2.10 bits per heavy atom. The molecular formula is C16H19N3O. The molecule has 2 aromatic rings. The maximum Gasteiger partial charge on any atom is 0.151 e. The largest absolute Gasteiger partial charge is 0.391 e. The molecule has 1 N–H and O–H groups in total. The van der Waals surface area contributed by atoms with Gasteiger partial charge in [-0.25, -0.2) is 0 Å². The maximum atomic E-state index is 9.71. The number of aryl methyl sites for hydroxylation is 1. The van der Waals surface area contributed by atoms with Crippen LogP contribution in [-0.2, 0) is 0 Å². The molecule has 0 aliphatic carbocycles. The molecular weight excluding hydrogens is 250 g/mol. The molecule has 0 amide bonds. The number of rotatable bonds is 2. The van der Waals surface area contributed by atoms with Gasteiger partial charge in [0.1, 0.15) is 0 Å². The van der Waals surface area contributed by atoms with Crippen molar-refractivity contribution >= 4 is 5.82 Å². The van der Waals surface area contributed by atoms with Gasteiger partial charge in [-0.05, 0) is 38.0 Å². The highest BCUT2D eigenvalue weighted by molar-refractivity contribution is 5.60. The molecule has 4 nitrogen and oxygen atoms in total. The first-order chi connectivity index (χ1) is 9.72. The Kier molecular flexibility index (Phi) is 3.65. The molecule has 104 valence electrons. The molecule has 1 aliphatic heterocycles. The summed E-state index contributed by atoms with van der Waals surface area (Å²) in [6.07, 6.45) is 1.63. The average Bonchev–Trinajstić information content (AvgIpc) is 2.47. The van der Waals surface area contributed by atoms with E-state index >= 15 is 0 Å². The van der Waals surface area contributed by atoms with Crippen LogP contribution in [0.2, 0.25) is 0 Å². The second kappa shape index (κ2) is 5.59. The van der Waals surface area contributed by atoms with Crippen molar-refractivity contribution in [2.24, 2.45) is 0 Å². The van der Waals surface area contributed by atoms with Crippen molar-refractivity contribution in [3.8, 4) is 11.3 Å². The molecule has 0 saturated carbocycles. The van der Waals surface area contributed by atoms with Crippen molar-refractivity contribution in [1.82, 2.24) is 10.2 Å². The maximum absolute atomic E-state index is 9.71. The van der Waals surface area contributed by atoms with Crippen molar-refractivity contribution in [3.63, 3.8) is 0 Å². The SMILES string of the molecule is Cc1cccc(-c2ccc(N3CCCC(O)C3)nn2)c1.